The lowest BCUT2D eigenvalue weighted by Crippen LogP contribution is -2.30. The van der Waals surface area contributed by atoms with Crippen molar-refractivity contribution in [1.82, 2.24) is 14.9 Å². The Labute approximate surface area is 121 Å². The highest BCUT2D eigenvalue weighted by atomic mass is 19.1. The number of aliphatic hydroxyl groups is 1. The number of alkyl halides is 1. The van der Waals surface area contributed by atoms with Crippen LogP contribution >= 0.6 is 0 Å². The minimum absolute atomic E-state index is 0.00691. The molecule has 0 unspecified atom stereocenters. The van der Waals surface area contributed by atoms with Crippen molar-refractivity contribution in [2.75, 3.05) is 13.1 Å². The zero-order valence-corrected chi connectivity index (χ0v) is 11.6. The van der Waals surface area contributed by atoms with Crippen LogP contribution in [0.5, 0.6) is 0 Å². The maximum Gasteiger partial charge on any atom is 0.274 e. The van der Waals surface area contributed by atoms with E-state index in [4.69, 9.17) is 0 Å². The molecule has 2 heterocycles. The number of imidazole rings is 1. The molecule has 6 heteroatoms. The van der Waals surface area contributed by atoms with Crippen molar-refractivity contribution in [3.8, 4) is 11.4 Å². The second-order valence-electron chi connectivity index (χ2n) is 5.22. The molecule has 2 atom stereocenters. The van der Waals surface area contributed by atoms with E-state index >= 15 is 0 Å². The van der Waals surface area contributed by atoms with E-state index in [1.807, 2.05) is 30.3 Å². The van der Waals surface area contributed by atoms with Gasteiger partial charge in [0.25, 0.3) is 5.91 Å². The van der Waals surface area contributed by atoms with Crippen LogP contribution in [0.25, 0.3) is 11.4 Å². The average Bonchev–Trinajstić information content (AvgIpc) is 3.03. The number of halogens is 1. The molecule has 2 aromatic rings. The standard InChI is InChI=1S/C15H16FN3O2/c1-9-13(15(21)19-7-11(16)12(20)8-19)18-14(17-9)10-5-3-2-4-6-10/h2-6,11-12,20H,7-8H2,1H3,(H,17,18)/t11-,12-/m1/s1. The number of rotatable bonds is 2. The lowest BCUT2D eigenvalue weighted by Gasteiger charge is -2.13. The molecule has 1 aliphatic rings. The molecule has 0 radical (unpaired) electrons. The Morgan fingerprint density at radius 2 is 2.10 bits per heavy atom. The summed E-state index contributed by atoms with van der Waals surface area (Å²) in [4.78, 5) is 21.1. The first-order chi connectivity index (χ1) is 10.1. The first kappa shape index (κ1) is 13.8. The molecule has 110 valence electrons. The summed E-state index contributed by atoms with van der Waals surface area (Å²) in [6, 6.07) is 9.46. The number of benzene rings is 1. The molecule has 0 saturated carbocycles. The van der Waals surface area contributed by atoms with Crippen LogP contribution in [0.15, 0.2) is 30.3 Å². The maximum absolute atomic E-state index is 13.3. The molecule has 21 heavy (non-hydrogen) atoms. The number of hydrogen-bond donors (Lipinski definition) is 2. The summed E-state index contributed by atoms with van der Waals surface area (Å²) in [5.74, 6) is 0.248. The highest BCUT2D eigenvalue weighted by molar-refractivity contribution is 5.94. The minimum atomic E-state index is -1.39. The SMILES string of the molecule is Cc1[nH]c(-c2ccccc2)nc1C(=O)N1C[C@@H](O)[C@H](F)C1. The zero-order chi connectivity index (χ0) is 15.0. The molecule has 0 aliphatic carbocycles. The van der Waals surface area contributed by atoms with Crippen LogP contribution < -0.4 is 0 Å². The van der Waals surface area contributed by atoms with Gasteiger partial charge in [0.2, 0.25) is 0 Å². The van der Waals surface area contributed by atoms with Gasteiger partial charge in [-0.3, -0.25) is 4.79 Å². The van der Waals surface area contributed by atoms with Crippen LogP contribution in [0.1, 0.15) is 16.2 Å². The van der Waals surface area contributed by atoms with Crippen LogP contribution in [0.2, 0.25) is 0 Å². The summed E-state index contributed by atoms with van der Waals surface area (Å²) in [6.45, 7) is 1.67. The molecule has 3 rings (SSSR count). The summed E-state index contributed by atoms with van der Waals surface area (Å²) in [6.07, 6.45) is -2.50. The lowest BCUT2D eigenvalue weighted by atomic mass is 10.2. The zero-order valence-electron chi connectivity index (χ0n) is 11.6. The number of hydrogen-bond acceptors (Lipinski definition) is 3. The number of β-amino-alcohol motifs (C(OH)–C–C–N with tert-alkyl or cyclic N) is 1. The monoisotopic (exact) mass is 289 g/mol. The van der Waals surface area contributed by atoms with Crippen LogP contribution in [-0.4, -0.2) is 51.2 Å². The number of carbonyl (C=O) groups excluding carboxylic acids is 1. The molecular weight excluding hydrogens is 273 g/mol. The maximum atomic E-state index is 13.3. The van der Waals surface area contributed by atoms with Crippen molar-refractivity contribution >= 4 is 5.91 Å². The van der Waals surface area contributed by atoms with Crippen LogP contribution in [0, 0.1) is 6.92 Å². The van der Waals surface area contributed by atoms with E-state index in [2.05, 4.69) is 9.97 Å². The molecule has 0 spiro atoms. The smallest absolute Gasteiger partial charge is 0.274 e. The number of aryl methyl sites for hydroxylation is 1. The summed E-state index contributed by atoms with van der Waals surface area (Å²) in [5.41, 5.74) is 1.79. The largest absolute Gasteiger partial charge is 0.388 e. The molecule has 5 nitrogen and oxygen atoms in total. The Morgan fingerprint density at radius 3 is 2.71 bits per heavy atom. The Balaban J connectivity index is 1.87. The predicted molar refractivity (Wildman–Crippen MR) is 75.6 cm³/mol. The topological polar surface area (TPSA) is 69.2 Å². The van der Waals surface area contributed by atoms with Gasteiger partial charge in [-0.15, -0.1) is 0 Å². The summed E-state index contributed by atoms with van der Waals surface area (Å²) in [7, 11) is 0. The van der Waals surface area contributed by atoms with E-state index in [9.17, 15) is 14.3 Å². The first-order valence-corrected chi connectivity index (χ1v) is 6.79. The van der Waals surface area contributed by atoms with Crippen LogP contribution in [0.3, 0.4) is 0 Å². The molecular formula is C15H16FN3O2. The van der Waals surface area contributed by atoms with Crippen molar-refractivity contribution in [2.45, 2.75) is 19.2 Å². The molecule has 1 aliphatic heterocycles. The molecule has 1 amide bonds. The van der Waals surface area contributed by atoms with Gasteiger partial charge in [-0.25, -0.2) is 9.37 Å². The summed E-state index contributed by atoms with van der Waals surface area (Å²) in [5, 5.41) is 9.42. The van der Waals surface area contributed by atoms with Gasteiger partial charge in [0.05, 0.1) is 6.54 Å². The number of likely N-dealkylation sites (tertiary alicyclic amines) is 1. The third-order valence-corrected chi connectivity index (χ3v) is 3.64. The van der Waals surface area contributed by atoms with Crippen molar-refractivity contribution < 1.29 is 14.3 Å². The quantitative estimate of drug-likeness (QED) is 0.881. The van der Waals surface area contributed by atoms with E-state index in [-0.39, 0.29) is 24.7 Å². The number of H-pyrrole nitrogens is 1. The van der Waals surface area contributed by atoms with Gasteiger partial charge >= 0.3 is 0 Å². The minimum Gasteiger partial charge on any atom is -0.388 e. The fourth-order valence-corrected chi connectivity index (χ4v) is 2.46. The lowest BCUT2D eigenvalue weighted by molar-refractivity contribution is 0.0758. The Bertz CT molecular complexity index is 646. The highest BCUT2D eigenvalue weighted by Crippen LogP contribution is 2.21. The molecule has 1 saturated heterocycles. The van der Waals surface area contributed by atoms with Gasteiger partial charge in [-0.1, -0.05) is 30.3 Å². The van der Waals surface area contributed by atoms with Gasteiger partial charge in [-0.2, -0.15) is 0 Å². The van der Waals surface area contributed by atoms with Gasteiger partial charge in [0, 0.05) is 17.8 Å². The third-order valence-electron chi connectivity index (χ3n) is 3.64. The van der Waals surface area contributed by atoms with Gasteiger partial charge in [0.15, 0.2) is 0 Å². The van der Waals surface area contributed by atoms with Crippen molar-refractivity contribution in [3.05, 3.63) is 41.7 Å². The molecule has 2 N–H and O–H groups in total. The first-order valence-electron chi connectivity index (χ1n) is 6.79. The second-order valence-corrected chi connectivity index (χ2v) is 5.22. The molecule has 1 fully saturated rings. The van der Waals surface area contributed by atoms with E-state index in [1.165, 1.54) is 4.90 Å². The number of aromatic nitrogens is 2. The van der Waals surface area contributed by atoms with Crippen molar-refractivity contribution in [3.63, 3.8) is 0 Å². The normalized spacial score (nSPS) is 21.8. The fraction of sp³-hybridized carbons (Fsp3) is 0.333. The Hall–Kier alpha value is -2.21. The predicted octanol–water partition coefficient (Wildman–Crippen LogP) is 1.54. The highest BCUT2D eigenvalue weighted by Gasteiger charge is 2.35. The molecule has 0 bridgehead atoms. The number of aromatic amines is 1. The van der Waals surface area contributed by atoms with E-state index < -0.39 is 12.3 Å². The van der Waals surface area contributed by atoms with Gasteiger partial charge in [0.1, 0.15) is 23.8 Å². The van der Waals surface area contributed by atoms with E-state index in [0.717, 1.165) is 5.56 Å². The third kappa shape index (κ3) is 2.54. The summed E-state index contributed by atoms with van der Waals surface area (Å²) < 4.78 is 13.3. The number of nitrogens with zero attached hydrogens (tertiary/aromatic N) is 2. The Morgan fingerprint density at radius 1 is 1.38 bits per heavy atom. The number of nitrogens with one attached hydrogen (secondary N) is 1. The van der Waals surface area contributed by atoms with Crippen LogP contribution in [0.4, 0.5) is 4.39 Å². The molecule has 1 aromatic carbocycles. The van der Waals surface area contributed by atoms with Crippen molar-refractivity contribution in [1.29, 1.82) is 0 Å². The van der Waals surface area contributed by atoms with Crippen molar-refractivity contribution in [2.24, 2.45) is 0 Å². The number of aliphatic hydroxyl groups excluding tert-OH is 1. The van der Waals surface area contributed by atoms with Gasteiger partial charge in [-0.05, 0) is 6.92 Å². The summed E-state index contributed by atoms with van der Waals surface area (Å²) >= 11 is 0. The van der Waals surface area contributed by atoms with Crippen LogP contribution in [-0.2, 0) is 0 Å². The molecule has 1 aromatic heterocycles. The number of carbonyl (C=O) groups is 1. The number of amides is 1. The van der Waals surface area contributed by atoms with E-state index in [0.29, 0.717) is 11.5 Å². The second kappa shape index (κ2) is 5.29. The Kier molecular flexibility index (Phi) is 3.47. The van der Waals surface area contributed by atoms with Gasteiger partial charge < -0.3 is 15.0 Å². The fourth-order valence-electron chi connectivity index (χ4n) is 2.46. The average molecular weight is 289 g/mol. The van der Waals surface area contributed by atoms with E-state index in [1.54, 1.807) is 6.92 Å².